The number of primary amides is 1. The summed E-state index contributed by atoms with van der Waals surface area (Å²) in [5.41, 5.74) is 6.24. The number of carbonyl (C=O) groups is 3. The van der Waals surface area contributed by atoms with Gasteiger partial charge < -0.3 is 15.8 Å². The molecule has 2 rings (SSSR count). The van der Waals surface area contributed by atoms with Crippen molar-refractivity contribution in [2.24, 2.45) is 5.73 Å². The van der Waals surface area contributed by atoms with Crippen LogP contribution in [0.4, 0.5) is 10.1 Å². The van der Waals surface area contributed by atoms with Crippen LogP contribution < -0.4 is 11.1 Å². The lowest BCUT2D eigenvalue weighted by Gasteiger charge is -2.25. The molecule has 0 fully saturated rings. The second kappa shape index (κ2) is 10.8. The maximum absolute atomic E-state index is 13.0. The van der Waals surface area contributed by atoms with Gasteiger partial charge >= 0.3 is 5.97 Å². The first-order valence-electron chi connectivity index (χ1n) is 9.44. The van der Waals surface area contributed by atoms with Crippen molar-refractivity contribution >= 4 is 23.5 Å². The molecule has 0 spiro atoms. The lowest BCUT2D eigenvalue weighted by Crippen LogP contribution is -2.49. The van der Waals surface area contributed by atoms with Crippen LogP contribution in [0.1, 0.15) is 30.4 Å². The number of esters is 1. The van der Waals surface area contributed by atoms with Gasteiger partial charge in [-0.1, -0.05) is 24.3 Å². The Bertz CT molecular complexity index is 947. The van der Waals surface area contributed by atoms with Crippen LogP contribution in [0.25, 0.3) is 0 Å². The molecule has 3 N–H and O–H groups in total. The molecule has 0 aliphatic heterocycles. The second-order valence-corrected chi connectivity index (χ2v) is 6.72. The minimum Gasteiger partial charge on any atom is -0.466 e. The molecule has 2 atom stereocenters. The van der Waals surface area contributed by atoms with Crippen LogP contribution in [0.5, 0.6) is 0 Å². The average molecular weight is 431 g/mol. The quantitative estimate of drug-likeness (QED) is 0.335. The molecule has 10 heteroatoms. The third-order valence-corrected chi connectivity index (χ3v) is 4.53. The number of ether oxygens (including phenoxy) is 1. The van der Waals surface area contributed by atoms with E-state index in [0.717, 1.165) is 0 Å². The third kappa shape index (κ3) is 6.88. The van der Waals surface area contributed by atoms with Crippen LogP contribution in [0.3, 0.4) is 0 Å². The van der Waals surface area contributed by atoms with Crippen LogP contribution >= 0.6 is 0 Å². The molecular weight excluding hydrogens is 409 g/mol. The van der Waals surface area contributed by atoms with Gasteiger partial charge in [-0.15, -0.1) is 0 Å². The molecule has 0 saturated carbocycles. The molecular formula is C21H22FN3O6. The molecule has 164 valence electrons. The Morgan fingerprint density at radius 3 is 2.26 bits per heavy atom. The lowest BCUT2D eigenvalue weighted by molar-refractivity contribution is -0.384. The Kier molecular flexibility index (Phi) is 8.18. The summed E-state index contributed by atoms with van der Waals surface area (Å²) in [6.07, 6.45) is -0.424. The van der Waals surface area contributed by atoms with Gasteiger partial charge in [0.25, 0.3) is 5.69 Å². The summed E-state index contributed by atoms with van der Waals surface area (Å²) >= 11 is 0. The predicted octanol–water partition coefficient (Wildman–Crippen LogP) is 1.98. The van der Waals surface area contributed by atoms with E-state index in [1.54, 1.807) is 6.92 Å². The van der Waals surface area contributed by atoms with E-state index in [9.17, 15) is 28.9 Å². The van der Waals surface area contributed by atoms with Crippen molar-refractivity contribution in [3.05, 3.63) is 75.6 Å². The average Bonchev–Trinajstić information content (AvgIpc) is 2.72. The number of benzene rings is 2. The van der Waals surface area contributed by atoms with Crippen molar-refractivity contribution in [1.82, 2.24) is 5.32 Å². The van der Waals surface area contributed by atoms with Gasteiger partial charge in [0.15, 0.2) is 0 Å². The lowest BCUT2D eigenvalue weighted by atomic mass is 9.87. The van der Waals surface area contributed by atoms with Crippen molar-refractivity contribution in [3.63, 3.8) is 0 Å². The number of amides is 2. The number of nitrogens with zero attached hydrogens (tertiary/aromatic N) is 1. The second-order valence-electron chi connectivity index (χ2n) is 6.72. The van der Waals surface area contributed by atoms with E-state index in [0.29, 0.717) is 11.1 Å². The summed E-state index contributed by atoms with van der Waals surface area (Å²) in [4.78, 5) is 47.1. The highest BCUT2D eigenvalue weighted by molar-refractivity contribution is 5.89. The first-order valence-corrected chi connectivity index (χ1v) is 9.44. The van der Waals surface area contributed by atoms with E-state index >= 15 is 0 Å². The summed E-state index contributed by atoms with van der Waals surface area (Å²) < 4.78 is 18.0. The summed E-state index contributed by atoms with van der Waals surface area (Å²) in [7, 11) is 0. The molecule has 2 amide bonds. The van der Waals surface area contributed by atoms with Crippen molar-refractivity contribution in [1.29, 1.82) is 0 Å². The van der Waals surface area contributed by atoms with E-state index in [2.05, 4.69) is 5.32 Å². The zero-order valence-electron chi connectivity index (χ0n) is 16.7. The van der Waals surface area contributed by atoms with Crippen molar-refractivity contribution < 1.29 is 28.4 Å². The molecule has 9 nitrogen and oxygen atoms in total. The molecule has 0 bridgehead atoms. The number of nitro benzene ring substituents is 1. The Morgan fingerprint density at radius 2 is 1.74 bits per heavy atom. The number of nitrogens with one attached hydrogen (secondary N) is 1. The van der Waals surface area contributed by atoms with Gasteiger partial charge in [-0.2, -0.15) is 0 Å². The maximum atomic E-state index is 13.0. The summed E-state index contributed by atoms with van der Waals surface area (Å²) in [6.45, 7) is 1.73. The fourth-order valence-corrected chi connectivity index (χ4v) is 3.05. The van der Waals surface area contributed by atoms with Crippen molar-refractivity contribution in [2.75, 3.05) is 6.61 Å². The smallest absolute Gasteiger partial charge is 0.306 e. The third-order valence-electron chi connectivity index (χ3n) is 4.53. The van der Waals surface area contributed by atoms with Crippen molar-refractivity contribution in [2.45, 2.75) is 31.7 Å². The van der Waals surface area contributed by atoms with E-state index in [1.807, 2.05) is 0 Å². The summed E-state index contributed by atoms with van der Waals surface area (Å²) in [6, 6.07) is 9.23. The number of non-ortho nitro benzene ring substituents is 1. The number of carbonyl (C=O) groups excluding carboxylic acids is 3. The van der Waals surface area contributed by atoms with Crippen molar-refractivity contribution in [3.8, 4) is 0 Å². The Balaban J connectivity index is 2.28. The van der Waals surface area contributed by atoms with Crippen LogP contribution in [0, 0.1) is 15.9 Å². The van der Waals surface area contributed by atoms with Gasteiger partial charge in [0.1, 0.15) is 11.9 Å². The summed E-state index contributed by atoms with van der Waals surface area (Å²) in [5.74, 6) is -3.43. The van der Waals surface area contributed by atoms with Gasteiger partial charge in [-0.25, -0.2) is 4.39 Å². The molecule has 0 radical (unpaired) electrons. The fraction of sp³-hybridized carbons (Fsp3) is 0.286. The highest BCUT2D eigenvalue weighted by Crippen LogP contribution is 2.26. The number of halogens is 1. The number of nitro groups is 1. The van der Waals surface area contributed by atoms with E-state index in [1.165, 1.54) is 48.5 Å². The monoisotopic (exact) mass is 431 g/mol. The first-order chi connectivity index (χ1) is 14.7. The largest absolute Gasteiger partial charge is 0.466 e. The number of hydrogen-bond donors (Lipinski definition) is 2. The van der Waals surface area contributed by atoms with E-state index in [4.69, 9.17) is 10.5 Å². The molecule has 0 aromatic heterocycles. The van der Waals surface area contributed by atoms with Gasteiger partial charge in [-0.05, 0) is 30.2 Å². The molecule has 0 heterocycles. The predicted molar refractivity (Wildman–Crippen MR) is 108 cm³/mol. The standard InChI is InChI=1S/C21H22FN3O6/c1-2-31-19(27)12-17(14-5-9-16(10-6-14)25(29)30)20(21(23)28)24-18(26)11-13-3-7-15(22)8-4-13/h3-10,17,20H,2,11-12H2,1H3,(H2,23,28)(H,24,26)/t17-,20-/m0/s1. The van der Waals surface area contributed by atoms with Gasteiger partial charge in [0.2, 0.25) is 11.8 Å². The SMILES string of the molecule is CCOC(=O)C[C@@H](c1ccc([N+](=O)[O-])cc1)[C@H](NC(=O)Cc1ccc(F)cc1)C(N)=O. The number of rotatable bonds is 10. The molecule has 31 heavy (non-hydrogen) atoms. The van der Waals surface area contributed by atoms with E-state index in [-0.39, 0.29) is 25.1 Å². The number of nitrogens with two attached hydrogens (primary N) is 1. The normalized spacial score (nSPS) is 12.5. The highest BCUT2D eigenvalue weighted by Gasteiger charge is 2.32. The molecule has 2 aromatic carbocycles. The first kappa shape index (κ1) is 23.5. The van der Waals surface area contributed by atoms with Gasteiger partial charge in [0, 0.05) is 18.1 Å². The molecule has 0 aliphatic rings. The Morgan fingerprint density at radius 1 is 1.13 bits per heavy atom. The Labute approximate surface area is 177 Å². The molecule has 2 aromatic rings. The minimum atomic E-state index is -1.28. The fourth-order valence-electron chi connectivity index (χ4n) is 3.05. The summed E-state index contributed by atoms with van der Waals surface area (Å²) in [5, 5.41) is 13.4. The van der Waals surface area contributed by atoms with Crippen LogP contribution in [-0.4, -0.2) is 35.4 Å². The zero-order valence-corrected chi connectivity index (χ0v) is 16.7. The molecule has 0 unspecified atom stereocenters. The van der Waals surface area contributed by atoms with Crippen LogP contribution in [-0.2, 0) is 25.5 Å². The maximum Gasteiger partial charge on any atom is 0.306 e. The highest BCUT2D eigenvalue weighted by atomic mass is 19.1. The topological polar surface area (TPSA) is 142 Å². The Hall–Kier alpha value is -3.82. The van der Waals surface area contributed by atoms with E-state index < -0.39 is 40.5 Å². The van der Waals surface area contributed by atoms with Gasteiger partial charge in [0.05, 0.1) is 24.4 Å². The zero-order chi connectivity index (χ0) is 23.0. The van der Waals surface area contributed by atoms with Gasteiger partial charge in [-0.3, -0.25) is 24.5 Å². The minimum absolute atomic E-state index is 0.115. The van der Waals surface area contributed by atoms with Crippen LogP contribution in [0.2, 0.25) is 0 Å². The van der Waals surface area contributed by atoms with Crippen LogP contribution in [0.15, 0.2) is 48.5 Å². The number of hydrogen-bond acceptors (Lipinski definition) is 6. The molecule has 0 saturated heterocycles. The molecule has 0 aliphatic carbocycles.